The first kappa shape index (κ1) is 14.5. The van der Waals surface area contributed by atoms with Gasteiger partial charge in [-0.2, -0.15) is 0 Å². The van der Waals surface area contributed by atoms with Crippen molar-refractivity contribution in [2.75, 3.05) is 18.0 Å². The number of nitrogens with zero attached hydrogens (tertiary/aromatic N) is 4. The molecular weight excluding hydrogens is 276 g/mol. The molecule has 1 aliphatic heterocycles. The lowest BCUT2D eigenvalue weighted by atomic mass is 10.1. The van der Waals surface area contributed by atoms with Gasteiger partial charge < -0.3 is 9.80 Å². The summed E-state index contributed by atoms with van der Waals surface area (Å²) in [5.74, 6) is -0.0421. The van der Waals surface area contributed by atoms with Crippen molar-refractivity contribution in [3.63, 3.8) is 0 Å². The molecule has 1 aromatic heterocycles. The lowest BCUT2D eigenvalue weighted by Gasteiger charge is -2.45. The Balaban J connectivity index is 1.77. The minimum atomic E-state index is -0.0421. The van der Waals surface area contributed by atoms with E-state index in [1.807, 2.05) is 23.1 Å². The van der Waals surface area contributed by atoms with Crippen LogP contribution in [0, 0.1) is 0 Å². The van der Waals surface area contributed by atoms with Gasteiger partial charge in [0, 0.05) is 43.3 Å². The molecule has 0 bridgehead atoms. The molecule has 5 heteroatoms. The van der Waals surface area contributed by atoms with Crippen LogP contribution in [-0.2, 0) is 0 Å². The van der Waals surface area contributed by atoms with E-state index in [2.05, 4.69) is 40.8 Å². The summed E-state index contributed by atoms with van der Waals surface area (Å²) in [6, 6.07) is 10.9. The van der Waals surface area contributed by atoms with Gasteiger partial charge in [0.25, 0.3) is 5.91 Å². The van der Waals surface area contributed by atoms with Crippen LogP contribution in [0.2, 0.25) is 0 Å². The van der Waals surface area contributed by atoms with Crippen LogP contribution < -0.4 is 4.90 Å². The van der Waals surface area contributed by atoms with Crippen molar-refractivity contribution in [1.82, 2.24) is 14.9 Å². The molecule has 2 atom stereocenters. The first-order valence-electron chi connectivity index (χ1n) is 7.55. The maximum atomic E-state index is 12.5. The molecule has 2 heterocycles. The molecule has 0 spiro atoms. The highest BCUT2D eigenvalue weighted by molar-refractivity contribution is 5.92. The molecule has 1 saturated heterocycles. The molecule has 2 unspecified atom stereocenters. The number of amides is 1. The van der Waals surface area contributed by atoms with Crippen LogP contribution in [-0.4, -0.2) is 45.9 Å². The largest absolute Gasteiger partial charge is 0.363 e. The average Bonchev–Trinajstić information content (AvgIpc) is 2.55. The number of benzene rings is 1. The van der Waals surface area contributed by atoms with E-state index in [-0.39, 0.29) is 18.0 Å². The van der Waals surface area contributed by atoms with Gasteiger partial charge in [-0.05, 0) is 26.0 Å². The number of carbonyl (C=O) groups excluding carboxylic acids is 1. The average molecular weight is 296 g/mol. The van der Waals surface area contributed by atoms with E-state index < -0.39 is 0 Å². The van der Waals surface area contributed by atoms with Crippen LogP contribution in [0.25, 0.3) is 0 Å². The third-order valence-corrected chi connectivity index (χ3v) is 4.04. The minimum absolute atomic E-state index is 0.0421. The van der Waals surface area contributed by atoms with Crippen molar-refractivity contribution in [1.29, 1.82) is 0 Å². The highest BCUT2D eigenvalue weighted by atomic mass is 16.2. The molecule has 22 heavy (non-hydrogen) atoms. The van der Waals surface area contributed by atoms with Gasteiger partial charge in [-0.1, -0.05) is 18.2 Å². The second-order valence-corrected chi connectivity index (χ2v) is 5.74. The van der Waals surface area contributed by atoms with Gasteiger partial charge in [0.15, 0.2) is 0 Å². The lowest BCUT2D eigenvalue weighted by molar-refractivity contribution is 0.0694. The number of piperazine rings is 1. The maximum Gasteiger partial charge on any atom is 0.274 e. The predicted molar refractivity (Wildman–Crippen MR) is 85.8 cm³/mol. The van der Waals surface area contributed by atoms with Crippen LogP contribution in [0.3, 0.4) is 0 Å². The zero-order valence-electron chi connectivity index (χ0n) is 12.9. The summed E-state index contributed by atoms with van der Waals surface area (Å²) in [5.41, 5.74) is 1.61. The normalized spacial score (nSPS) is 21.7. The predicted octanol–water partition coefficient (Wildman–Crippen LogP) is 2.22. The Labute approximate surface area is 130 Å². The summed E-state index contributed by atoms with van der Waals surface area (Å²) in [5, 5.41) is 0. The molecular formula is C17H20N4O. The van der Waals surface area contributed by atoms with Gasteiger partial charge in [-0.15, -0.1) is 0 Å². The Morgan fingerprint density at radius 3 is 2.36 bits per heavy atom. The Bertz CT molecular complexity index is 620. The van der Waals surface area contributed by atoms with Crippen LogP contribution in [0.15, 0.2) is 48.9 Å². The lowest BCUT2D eigenvalue weighted by Crippen LogP contribution is -2.58. The van der Waals surface area contributed by atoms with Gasteiger partial charge in [-0.3, -0.25) is 9.78 Å². The zero-order valence-corrected chi connectivity index (χ0v) is 12.9. The fraction of sp³-hybridized carbons (Fsp3) is 0.353. The highest BCUT2D eigenvalue weighted by Crippen LogP contribution is 2.24. The smallest absolute Gasteiger partial charge is 0.274 e. The summed E-state index contributed by atoms with van der Waals surface area (Å²) in [7, 11) is 0. The SMILES string of the molecule is CC1CN(C(=O)c2cnccn2)CC(C)N1c1ccccc1. The number of aromatic nitrogens is 2. The van der Waals surface area contributed by atoms with Crippen LogP contribution >= 0.6 is 0 Å². The third kappa shape index (κ3) is 2.79. The van der Waals surface area contributed by atoms with Gasteiger partial charge in [0.2, 0.25) is 0 Å². The summed E-state index contributed by atoms with van der Waals surface area (Å²) < 4.78 is 0. The molecule has 5 nitrogen and oxygen atoms in total. The number of anilines is 1. The van der Waals surface area contributed by atoms with E-state index in [0.29, 0.717) is 18.8 Å². The highest BCUT2D eigenvalue weighted by Gasteiger charge is 2.32. The van der Waals surface area contributed by atoms with Crippen LogP contribution in [0.1, 0.15) is 24.3 Å². The topological polar surface area (TPSA) is 49.3 Å². The van der Waals surface area contributed by atoms with Crippen molar-refractivity contribution in [3.8, 4) is 0 Å². The molecule has 0 saturated carbocycles. The molecule has 1 amide bonds. The number of hydrogen-bond acceptors (Lipinski definition) is 4. The fourth-order valence-electron chi connectivity index (χ4n) is 3.17. The molecule has 1 fully saturated rings. The van der Waals surface area contributed by atoms with E-state index in [0.717, 1.165) is 0 Å². The molecule has 2 aromatic rings. The quantitative estimate of drug-likeness (QED) is 0.852. The number of para-hydroxylation sites is 1. The number of hydrogen-bond donors (Lipinski definition) is 0. The summed E-state index contributed by atoms with van der Waals surface area (Å²) in [6.07, 6.45) is 4.66. The molecule has 1 aliphatic rings. The van der Waals surface area contributed by atoms with E-state index in [1.54, 1.807) is 12.4 Å². The molecule has 0 radical (unpaired) electrons. The Morgan fingerprint density at radius 2 is 1.77 bits per heavy atom. The van der Waals surface area contributed by atoms with Crippen molar-refractivity contribution in [2.45, 2.75) is 25.9 Å². The number of rotatable bonds is 2. The maximum absolute atomic E-state index is 12.5. The van der Waals surface area contributed by atoms with Crippen molar-refractivity contribution >= 4 is 11.6 Å². The van der Waals surface area contributed by atoms with E-state index in [9.17, 15) is 4.79 Å². The second kappa shape index (κ2) is 6.13. The van der Waals surface area contributed by atoms with Crippen molar-refractivity contribution < 1.29 is 4.79 Å². The minimum Gasteiger partial charge on any atom is -0.363 e. The van der Waals surface area contributed by atoms with Gasteiger partial charge in [0.1, 0.15) is 5.69 Å². The summed E-state index contributed by atoms with van der Waals surface area (Å²) >= 11 is 0. The standard InChI is InChI=1S/C17H20N4O/c1-13-11-20(17(22)16-10-18-8-9-19-16)12-14(2)21(13)15-6-4-3-5-7-15/h3-10,13-14H,11-12H2,1-2H3. The van der Waals surface area contributed by atoms with Gasteiger partial charge in [-0.25, -0.2) is 4.98 Å². The summed E-state index contributed by atoms with van der Waals surface area (Å²) in [6.45, 7) is 5.68. The van der Waals surface area contributed by atoms with E-state index >= 15 is 0 Å². The van der Waals surface area contributed by atoms with E-state index in [4.69, 9.17) is 0 Å². The first-order chi connectivity index (χ1) is 10.7. The van der Waals surface area contributed by atoms with E-state index in [1.165, 1.54) is 11.9 Å². The molecule has 114 valence electrons. The van der Waals surface area contributed by atoms with Gasteiger partial charge in [0.05, 0.1) is 6.20 Å². The molecule has 0 N–H and O–H groups in total. The molecule has 1 aromatic carbocycles. The Morgan fingerprint density at radius 1 is 1.09 bits per heavy atom. The molecule has 3 rings (SSSR count). The third-order valence-electron chi connectivity index (χ3n) is 4.04. The number of carbonyl (C=O) groups is 1. The van der Waals surface area contributed by atoms with Crippen LogP contribution in [0.5, 0.6) is 0 Å². The summed E-state index contributed by atoms with van der Waals surface area (Å²) in [4.78, 5) is 24.9. The Kier molecular flexibility index (Phi) is 4.04. The first-order valence-corrected chi connectivity index (χ1v) is 7.55. The second-order valence-electron chi connectivity index (χ2n) is 5.74. The fourth-order valence-corrected chi connectivity index (χ4v) is 3.17. The Hall–Kier alpha value is -2.43. The molecule has 0 aliphatic carbocycles. The van der Waals surface area contributed by atoms with Crippen LogP contribution in [0.4, 0.5) is 5.69 Å². The van der Waals surface area contributed by atoms with Crippen molar-refractivity contribution in [2.24, 2.45) is 0 Å². The monoisotopic (exact) mass is 296 g/mol. The zero-order chi connectivity index (χ0) is 15.5. The van der Waals surface area contributed by atoms with Gasteiger partial charge >= 0.3 is 0 Å². The van der Waals surface area contributed by atoms with Crippen molar-refractivity contribution in [3.05, 3.63) is 54.6 Å².